The lowest BCUT2D eigenvalue weighted by Crippen LogP contribution is -2.32. The average Bonchev–Trinajstić information content (AvgIpc) is 3.54. The number of aryl methyl sites for hydroxylation is 2. The normalized spacial score (nSPS) is 11.5. The Labute approximate surface area is 261 Å². The van der Waals surface area contributed by atoms with Gasteiger partial charge in [0.1, 0.15) is 34.9 Å². The number of carbonyl (C=O) groups is 3. The highest BCUT2D eigenvalue weighted by molar-refractivity contribution is 6.04. The van der Waals surface area contributed by atoms with Crippen LogP contribution in [0.3, 0.4) is 0 Å². The van der Waals surface area contributed by atoms with E-state index in [1.54, 1.807) is 61.4 Å². The van der Waals surface area contributed by atoms with Gasteiger partial charge in [-0.1, -0.05) is 24.3 Å². The highest BCUT2D eigenvalue weighted by atomic mass is 16.6. The fourth-order valence-electron chi connectivity index (χ4n) is 4.49. The topological polar surface area (TPSA) is 165 Å². The standard InChI is InChI=1S/C32H39N7O6/c1-7-39-25(16-20(2)37-39)29(41)36-30-35-24-17-22(28(33)40)18-26(44-19-21-10-12-23(43-6)13-11-21)27(24)38(30)15-9-8-14-34-31(42)45-32(3,4)5/h8-13,16-18H,7,14-15,19H2,1-6H3,(H2,33,40)(H,34,42)(H,35,36,41). The average molecular weight is 618 g/mol. The minimum atomic E-state index is -0.651. The van der Waals surface area contributed by atoms with E-state index in [0.29, 0.717) is 40.5 Å². The molecule has 2 aromatic carbocycles. The highest BCUT2D eigenvalue weighted by Gasteiger charge is 2.22. The van der Waals surface area contributed by atoms with Crippen LogP contribution in [-0.2, 0) is 24.4 Å². The molecule has 0 aliphatic carbocycles. The van der Waals surface area contributed by atoms with Crippen LogP contribution in [0.25, 0.3) is 11.0 Å². The van der Waals surface area contributed by atoms with Gasteiger partial charge >= 0.3 is 6.09 Å². The number of methoxy groups -OCH3 is 1. The van der Waals surface area contributed by atoms with Crippen molar-refractivity contribution in [1.82, 2.24) is 24.6 Å². The van der Waals surface area contributed by atoms with Crippen LogP contribution in [0.4, 0.5) is 10.7 Å². The summed E-state index contributed by atoms with van der Waals surface area (Å²) in [6.07, 6.45) is 3.03. The molecule has 13 nitrogen and oxygen atoms in total. The minimum absolute atomic E-state index is 0.179. The number of ether oxygens (including phenoxy) is 3. The van der Waals surface area contributed by atoms with Crippen LogP contribution in [0.2, 0.25) is 0 Å². The van der Waals surface area contributed by atoms with Crippen LogP contribution >= 0.6 is 0 Å². The molecule has 0 radical (unpaired) electrons. The summed E-state index contributed by atoms with van der Waals surface area (Å²) in [4.78, 5) is 42.4. The zero-order chi connectivity index (χ0) is 32.7. The van der Waals surface area contributed by atoms with E-state index in [2.05, 4.69) is 20.7 Å². The number of amides is 3. The molecular weight excluding hydrogens is 578 g/mol. The van der Waals surface area contributed by atoms with Gasteiger partial charge in [0, 0.05) is 25.2 Å². The Hall–Kier alpha value is -5.33. The minimum Gasteiger partial charge on any atom is -0.497 e. The number of nitrogens with two attached hydrogens (primary N) is 1. The summed E-state index contributed by atoms with van der Waals surface area (Å²) in [7, 11) is 1.59. The fourth-order valence-corrected chi connectivity index (χ4v) is 4.49. The van der Waals surface area contributed by atoms with Crippen molar-refractivity contribution in [3.8, 4) is 11.5 Å². The lowest BCUT2D eigenvalue weighted by Gasteiger charge is -2.19. The van der Waals surface area contributed by atoms with Gasteiger partial charge in [-0.05, 0) is 70.5 Å². The lowest BCUT2D eigenvalue weighted by molar-refractivity contribution is 0.0533. The number of carbonyl (C=O) groups excluding carboxylic acids is 3. The SMILES string of the molecule is CCn1nc(C)cc1C(=O)Nc1nc2cc(C(N)=O)cc(OCc3ccc(OC)cc3)c2n1CC=CCNC(=O)OC(C)(C)C. The number of allylic oxidation sites excluding steroid dienone is 1. The van der Waals surface area contributed by atoms with Gasteiger partial charge in [-0.15, -0.1) is 0 Å². The molecule has 45 heavy (non-hydrogen) atoms. The summed E-state index contributed by atoms with van der Waals surface area (Å²) in [5, 5.41) is 9.94. The van der Waals surface area contributed by atoms with Gasteiger partial charge in [-0.2, -0.15) is 5.10 Å². The highest BCUT2D eigenvalue weighted by Crippen LogP contribution is 2.32. The Morgan fingerprint density at radius 2 is 1.80 bits per heavy atom. The number of hydrogen-bond donors (Lipinski definition) is 3. The second kappa shape index (κ2) is 14.0. The van der Waals surface area contributed by atoms with Gasteiger partial charge in [0.05, 0.1) is 18.3 Å². The maximum Gasteiger partial charge on any atom is 0.407 e. The number of benzene rings is 2. The van der Waals surface area contributed by atoms with Gasteiger partial charge in [-0.3, -0.25) is 19.6 Å². The molecule has 3 amide bonds. The Morgan fingerprint density at radius 1 is 1.07 bits per heavy atom. The molecule has 0 aliphatic rings. The second-order valence-corrected chi connectivity index (χ2v) is 11.2. The van der Waals surface area contributed by atoms with Gasteiger partial charge in [0.2, 0.25) is 11.9 Å². The molecule has 0 saturated heterocycles. The number of nitrogens with one attached hydrogen (secondary N) is 2. The number of primary amides is 1. The van der Waals surface area contributed by atoms with E-state index in [-0.39, 0.29) is 31.2 Å². The van der Waals surface area contributed by atoms with Gasteiger partial charge in [0.15, 0.2) is 0 Å². The summed E-state index contributed by atoms with van der Waals surface area (Å²) in [5.41, 5.74) is 8.11. The summed E-state index contributed by atoms with van der Waals surface area (Å²) in [6.45, 7) is 10.2. The van der Waals surface area contributed by atoms with Crippen LogP contribution in [-0.4, -0.2) is 56.5 Å². The Balaban J connectivity index is 1.70. The van der Waals surface area contributed by atoms with Crippen molar-refractivity contribution in [2.45, 2.75) is 59.9 Å². The maximum atomic E-state index is 13.4. The molecule has 2 aromatic heterocycles. The summed E-state index contributed by atoms with van der Waals surface area (Å²) in [5.74, 6) is 0.224. The van der Waals surface area contributed by atoms with Gasteiger partial charge in [0.25, 0.3) is 5.91 Å². The molecule has 0 bridgehead atoms. The number of fused-ring (bicyclic) bond motifs is 1. The molecule has 0 unspecified atom stereocenters. The second-order valence-electron chi connectivity index (χ2n) is 11.2. The molecule has 0 saturated carbocycles. The molecule has 4 N–H and O–H groups in total. The van der Waals surface area contributed by atoms with Crippen molar-refractivity contribution in [3.63, 3.8) is 0 Å². The number of alkyl carbamates (subject to hydrolysis) is 1. The predicted octanol–water partition coefficient (Wildman–Crippen LogP) is 4.58. The molecule has 0 atom stereocenters. The predicted molar refractivity (Wildman–Crippen MR) is 170 cm³/mol. The van der Waals surface area contributed by atoms with E-state index >= 15 is 0 Å². The lowest BCUT2D eigenvalue weighted by atomic mass is 10.1. The third kappa shape index (κ3) is 8.40. The van der Waals surface area contributed by atoms with Crippen LogP contribution < -0.4 is 25.8 Å². The number of aromatic nitrogens is 4. The molecule has 0 spiro atoms. The van der Waals surface area contributed by atoms with Crippen LogP contribution in [0, 0.1) is 6.92 Å². The fraction of sp³-hybridized carbons (Fsp3) is 0.344. The first-order chi connectivity index (χ1) is 21.4. The van der Waals surface area contributed by atoms with Crippen LogP contribution in [0.1, 0.15) is 59.8 Å². The molecule has 2 heterocycles. The quantitative estimate of drug-likeness (QED) is 0.194. The molecule has 0 aliphatic heterocycles. The van der Waals surface area contributed by atoms with Gasteiger partial charge < -0.3 is 29.8 Å². The van der Waals surface area contributed by atoms with Crippen LogP contribution in [0.5, 0.6) is 11.5 Å². The molecule has 238 valence electrons. The Kier molecular flexibility index (Phi) is 10.1. The molecular formula is C32H39N7O6. The number of imidazole rings is 1. The summed E-state index contributed by atoms with van der Waals surface area (Å²) in [6, 6.07) is 12.2. The van der Waals surface area contributed by atoms with E-state index < -0.39 is 23.5 Å². The number of hydrogen-bond acceptors (Lipinski definition) is 8. The molecule has 0 fully saturated rings. The van der Waals surface area contributed by atoms with Gasteiger partial charge in [-0.25, -0.2) is 9.78 Å². The summed E-state index contributed by atoms with van der Waals surface area (Å²) < 4.78 is 20.1. The largest absolute Gasteiger partial charge is 0.497 e. The maximum absolute atomic E-state index is 13.4. The number of nitrogens with zero attached hydrogens (tertiary/aromatic N) is 4. The first-order valence-corrected chi connectivity index (χ1v) is 14.5. The first kappa shape index (κ1) is 32.6. The smallest absolute Gasteiger partial charge is 0.407 e. The van der Waals surface area contributed by atoms with Crippen molar-refractivity contribution < 1.29 is 28.6 Å². The third-order valence-corrected chi connectivity index (χ3v) is 6.52. The zero-order valence-electron chi connectivity index (χ0n) is 26.3. The Morgan fingerprint density at radius 3 is 2.44 bits per heavy atom. The van der Waals surface area contributed by atoms with Crippen LogP contribution in [0.15, 0.2) is 54.6 Å². The molecule has 4 rings (SSSR count). The van der Waals surface area contributed by atoms with E-state index in [4.69, 9.17) is 19.9 Å². The van der Waals surface area contributed by atoms with Crippen molar-refractivity contribution in [1.29, 1.82) is 0 Å². The monoisotopic (exact) mass is 617 g/mol. The molecule has 4 aromatic rings. The van der Waals surface area contributed by atoms with E-state index in [0.717, 1.165) is 5.56 Å². The third-order valence-electron chi connectivity index (χ3n) is 6.52. The molecule has 13 heteroatoms. The van der Waals surface area contributed by atoms with Crippen molar-refractivity contribution >= 4 is 34.9 Å². The van der Waals surface area contributed by atoms with E-state index in [9.17, 15) is 14.4 Å². The van der Waals surface area contributed by atoms with Crippen molar-refractivity contribution in [3.05, 3.63) is 77.1 Å². The van der Waals surface area contributed by atoms with E-state index in [1.807, 2.05) is 44.2 Å². The first-order valence-electron chi connectivity index (χ1n) is 14.5. The summed E-state index contributed by atoms with van der Waals surface area (Å²) >= 11 is 0. The zero-order valence-corrected chi connectivity index (χ0v) is 26.3. The Bertz CT molecular complexity index is 1710. The number of rotatable bonds is 12. The van der Waals surface area contributed by atoms with Crippen molar-refractivity contribution in [2.75, 3.05) is 19.0 Å². The van der Waals surface area contributed by atoms with E-state index in [1.165, 1.54) is 0 Å². The van der Waals surface area contributed by atoms with Crippen molar-refractivity contribution in [2.24, 2.45) is 5.73 Å². The number of anilines is 1.